The maximum Gasteiger partial charge on any atom is 0.259 e. The van der Waals surface area contributed by atoms with Crippen LogP contribution in [0.3, 0.4) is 0 Å². The Hall–Kier alpha value is -4.62. The highest BCUT2D eigenvalue weighted by Gasteiger charge is 2.35. The predicted molar refractivity (Wildman–Crippen MR) is 147 cm³/mol. The summed E-state index contributed by atoms with van der Waals surface area (Å²) >= 11 is 0. The highest BCUT2D eigenvalue weighted by Crippen LogP contribution is 2.33. The fourth-order valence-corrected chi connectivity index (χ4v) is 4.69. The van der Waals surface area contributed by atoms with Gasteiger partial charge in [0.2, 0.25) is 12.7 Å². The van der Waals surface area contributed by atoms with Crippen LogP contribution in [-0.4, -0.2) is 77.4 Å². The van der Waals surface area contributed by atoms with Gasteiger partial charge in [0.25, 0.3) is 11.8 Å². The highest BCUT2D eigenvalue weighted by atomic mass is 19.1. The van der Waals surface area contributed by atoms with E-state index in [1.807, 2.05) is 6.92 Å². The summed E-state index contributed by atoms with van der Waals surface area (Å²) in [5.74, 6) is 5.59. The molecule has 3 aromatic rings. The molecule has 41 heavy (non-hydrogen) atoms. The second-order valence-corrected chi connectivity index (χ2v) is 10.2. The molecule has 9 nitrogen and oxygen atoms in total. The predicted octanol–water partition coefficient (Wildman–Crippen LogP) is 3.34. The number of carbonyl (C=O) groups excluding carboxylic acids is 2. The number of likely N-dealkylation sites (N-methyl/N-ethyl adjacent to an activating group) is 1. The molecule has 0 fully saturated rings. The first-order chi connectivity index (χ1) is 19.7. The van der Waals surface area contributed by atoms with Crippen LogP contribution in [0.25, 0.3) is 0 Å². The molecule has 1 N–H and O–H groups in total. The van der Waals surface area contributed by atoms with Crippen molar-refractivity contribution in [1.29, 1.82) is 0 Å². The van der Waals surface area contributed by atoms with Crippen LogP contribution >= 0.6 is 0 Å². The van der Waals surface area contributed by atoms with E-state index in [9.17, 15) is 19.1 Å². The Morgan fingerprint density at radius 1 is 1.20 bits per heavy atom. The molecule has 3 heterocycles. The summed E-state index contributed by atoms with van der Waals surface area (Å²) in [6.07, 6.45) is 0.936. The van der Waals surface area contributed by atoms with Gasteiger partial charge in [-0.3, -0.25) is 9.59 Å². The van der Waals surface area contributed by atoms with Gasteiger partial charge in [-0.05, 0) is 43.3 Å². The molecule has 2 aromatic carbocycles. The molecular formula is C31H30FN3O6. The molecular weight excluding hydrogens is 529 g/mol. The topological polar surface area (TPSA) is 101 Å². The van der Waals surface area contributed by atoms with Crippen molar-refractivity contribution in [2.75, 3.05) is 33.5 Å². The van der Waals surface area contributed by atoms with Gasteiger partial charge in [-0.2, -0.15) is 0 Å². The van der Waals surface area contributed by atoms with Gasteiger partial charge in [0, 0.05) is 36.8 Å². The minimum Gasteiger partial charge on any atom is -0.472 e. The third-order valence-corrected chi connectivity index (χ3v) is 7.16. The first-order valence-corrected chi connectivity index (χ1v) is 13.2. The zero-order valence-corrected chi connectivity index (χ0v) is 23.0. The molecule has 3 atom stereocenters. The van der Waals surface area contributed by atoms with E-state index in [4.69, 9.17) is 14.2 Å². The van der Waals surface area contributed by atoms with Gasteiger partial charge in [0.05, 0.1) is 24.8 Å². The number of carbonyl (C=O) groups is 2. The summed E-state index contributed by atoms with van der Waals surface area (Å²) in [6.45, 7) is 4.05. The summed E-state index contributed by atoms with van der Waals surface area (Å²) in [7, 11) is 1.68. The zero-order chi connectivity index (χ0) is 29.1. The minimum atomic E-state index is -0.527. The zero-order valence-electron chi connectivity index (χ0n) is 23.0. The lowest BCUT2D eigenvalue weighted by Crippen LogP contribution is -2.50. The van der Waals surface area contributed by atoms with Crippen molar-refractivity contribution in [2.45, 2.75) is 26.0 Å². The standard InChI is InChI=1S/C31H30FN3O6/c1-19-15-35(20(2)17-36)31(38)24-12-21(8-9-22-6-4-5-7-25(22)32)14-33-29(24)41-28(19)16-34(3)30(37)23-10-11-26-27(13-23)40-18-39-26/h4-7,10-14,19-20,28,36H,15-18H2,1-3H3/t19-,20-,28-/m1/s1. The van der Waals surface area contributed by atoms with E-state index < -0.39 is 18.0 Å². The Labute approximate surface area is 237 Å². The van der Waals surface area contributed by atoms with Gasteiger partial charge >= 0.3 is 0 Å². The van der Waals surface area contributed by atoms with E-state index in [1.165, 1.54) is 12.3 Å². The molecule has 0 aliphatic carbocycles. The lowest BCUT2D eigenvalue weighted by atomic mass is 9.99. The Kier molecular flexibility index (Phi) is 8.08. The molecule has 0 unspecified atom stereocenters. The summed E-state index contributed by atoms with van der Waals surface area (Å²) in [6, 6.07) is 12.3. The average Bonchev–Trinajstić information content (AvgIpc) is 3.46. The number of ether oxygens (including phenoxy) is 3. The van der Waals surface area contributed by atoms with E-state index in [0.717, 1.165) is 0 Å². The number of amides is 2. The molecule has 0 radical (unpaired) electrons. The molecule has 1 aromatic heterocycles. The Morgan fingerprint density at radius 2 is 1.98 bits per heavy atom. The lowest BCUT2D eigenvalue weighted by molar-refractivity contribution is 0.0313. The van der Waals surface area contributed by atoms with Crippen LogP contribution in [0, 0.1) is 23.6 Å². The molecule has 10 heteroatoms. The van der Waals surface area contributed by atoms with Crippen LogP contribution in [0.5, 0.6) is 17.4 Å². The summed E-state index contributed by atoms with van der Waals surface area (Å²) in [4.78, 5) is 34.4. The summed E-state index contributed by atoms with van der Waals surface area (Å²) in [5.41, 5.74) is 1.24. The van der Waals surface area contributed by atoms with Gasteiger partial charge in [-0.15, -0.1) is 0 Å². The van der Waals surface area contributed by atoms with Crippen LogP contribution < -0.4 is 14.2 Å². The SMILES string of the molecule is C[C@@H]1CN([C@H](C)CO)C(=O)c2cc(C#Cc3ccccc3F)cnc2O[C@@H]1CN(C)C(=O)c1ccc2c(c1)OCO2. The van der Waals surface area contributed by atoms with Crippen LogP contribution in [0.4, 0.5) is 4.39 Å². The smallest absolute Gasteiger partial charge is 0.259 e. The quantitative estimate of drug-likeness (QED) is 0.479. The molecule has 2 amide bonds. The van der Waals surface area contributed by atoms with Gasteiger partial charge in [-0.1, -0.05) is 30.9 Å². The van der Waals surface area contributed by atoms with Crippen LogP contribution in [-0.2, 0) is 0 Å². The Balaban J connectivity index is 1.43. The normalized spacial score (nSPS) is 18.3. The fourth-order valence-electron chi connectivity index (χ4n) is 4.69. The van der Waals surface area contributed by atoms with E-state index >= 15 is 0 Å². The van der Waals surface area contributed by atoms with Gasteiger partial charge in [0.15, 0.2) is 11.5 Å². The number of rotatable bonds is 5. The molecule has 5 rings (SSSR count). The summed E-state index contributed by atoms with van der Waals surface area (Å²) < 4.78 is 31.1. The number of nitrogens with zero attached hydrogens (tertiary/aromatic N) is 3. The van der Waals surface area contributed by atoms with Crippen molar-refractivity contribution in [2.24, 2.45) is 5.92 Å². The van der Waals surface area contributed by atoms with E-state index in [-0.39, 0.29) is 61.2 Å². The van der Waals surface area contributed by atoms with Gasteiger partial charge in [-0.25, -0.2) is 9.37 Å². The average molecular weight is 560 g/mol. The molecule has 0 spiro atoms. The molecule has 0 saturated heterocycles. The number of aliphatic hydroxyl groups is 1. The lowest BCUT2D eigenvalue weighted by Gasteiger charge is -2.37. The van der Waals surface area contributed by atoms with E-state index in [1.54, 1.807) is 66.2 Å². The van der Waals surface area contributed by atoms with Crippen LogP contribution in [0.15, 0.2) is 54.7 Å². The van der Waals surface area contributed by atoms with Crippen molar-refractivity contribution in [3.8, 4) is 29.2 Å². The number of fused-ring (bicyclic) bond motifs is 2. The molecule has 2 aliphatic heterocycles. The highest BCUT2D eigenvalue weighted by molar-refractivity contribution is 5.97. The molecule has 0 bridgehead atoms. The number of aliphatic hydroxyl groups excluding tert-OH is 1. The van der Waals surface area contributed by atoms with E-state index in [2.05, 4.69) is 16.8 Å². The molecule has 2 aliphatic rings. The largest absolute Gasteiger partial charge is 0.472 e. The van der Waals surface area contributed by atoms with Crippen molar-refractivity contribution in [3.63, 3.8) is 0 Å². The van der Waals surface area contributed by atoms with Crippen LogP contribution in [0.2, 0.25) is 0 Å². The second kappa shape index (κ2) is 11.9. The third-order valence-electron chi connectivity index (χ3n) is 7.16. The maximum absolute atomic E-state index is 14.1. The fraction of sp³-hybridized carbons (Fsp3) is 0.323. The maximum atomic E-state index is 14.1. The molecule has 0 saturated carbocycles. The van der Waals surface area contributed by atoms with E-state index in [0.29, 0.717) is 22.6 Å². The van der Waals surface area contributed by atoms with Gasteiger partial charge < -0.3 is 29.1 Å². The first kappa shape index (κ1) is 27.9. The third kappa shape index (κ3) is 5.95. The molecule has 212 valence electrons. The van der Waals surface area contributed by atoms with Gasteiger partial charge in [0.1, 0.15) is 17.5 Å². The first-order valence-electron chi connectivity index (χ1n) is 13.2. The summed E-state index contributed by atoms with van der Waals surface area (Å²) in [5, 5.41) is 9.90. The van der Waals surface area contributed by atoms with Crippen LogP contribution in [0.1, 0.15) is 45.7 Å². The number of hydrogen-bond acceptors (Lipinski definition) is 7. The monoisotopic (exact) mass is 559 g/mol. The second-order valence-electron chi connectivity index (χ2n) is 10.2. The van der Waals surface area contributed by atoms with Crippen molar-refractivity contribution < 1.29 is 33.3 Å². The Bertz CT molecular complexity index is 1530. The number of hydrogen-bond donors (Lipinski definition) is 1. The Morgan fingerprint density at radius 3 is 2.76 bits per heavy atom. The van der Waals surface area contributed by atoms with Crippen molar-refractivity contribution >= 4 is 11.8 Å². The number of pyridine rings is 1. The van der Waals surface area contributed by atoms with Crippen molar-refractivity contribution in [3.05, 3.63) is 82.8 Å². The number of aromatic nitrogens is 1. The minimum absolute atomic E-state index is 0.0991. The van der Waals surface area contributed by atoms with Crippen molar-refractivity contribution in [1.82, 2.24) is 14.8 Å². The number of benzene rings is 2. The number of halogens is 1.